The zero-order valence-corrected chi connectivity index (χ0v) is 9.27. The van der Waals surface area contributed by atoms with E-state index < -0.39 is 0 Å². The van der Waals surface area contributed by atoms with Crippen molar-refractivity contribution < 1.29 is 0 Å². The lowest BCUT2D eigenvalue weighted by molar-refractivity contribution is 0.840. The van der Waals surface area contributed by atoms with E-state index in [1.165, 1.54) is 24.0 Å². The number of rotatable bonds is 6. The molecule has 0 saturated carbocycles. The Bertz CT molecular complexity index is 174. The first kappa shape index (κ1) is 12.4. The molecule has 1 heteroatoms. The van der Waals surface area contributed by atoms with Crippen LogP contribution in [0.3, 0.4) is 0 Å². The second-order valence-corrected chi connectivity index (χ2v) is 3.80. The fourth-order valence-corrected chi connectivity index (χ4v) is 1.16. The average Bonchev–Trinajstić information content (AvgIpc) is 2.04. The van der Waals surface area contributed by atoms with Crippen molar-refractivity contribution in [2.24, 2.45) is 5.73 Å². The van der Waals surface area contributed by atoms with Crippen LogP contribution in [0.15, 0.2) is 23.3 Å². The quantitative estimate of drug-likeness (QED) is 0.493. The molecular formula is C12H23N. The van der Waals surface area contributed by atoms with Gasteiger partial charge in [0.25, 0.3) is 0 Å². The van der Waals surface area contributed by atoms with E-state index in [1.54, 1.807) is 0 Å². The van der Waals surface area contributed by atoms with Crippen molar-refractivity contribution in [1.29, 1.82) is 0 Å². The van der Waals surface area contributed by atoms with Gasteiger partial charge in [-0.25, -0.2) is 0 Å². The van der Waals surface area contributed by atoms with Gasteiger partial charge in [0.05, 0.1) is 0 Å². The maximum Gasteiger partial charge on any atom is -0.00743 e. The Kier molecular flexibility index (Phi) is 7.71. The molecule has 0 bridgehead atoms. The minimum Gasteiger partial charge on any atom is -0.330 e. The third-order valence-electron chi connectivity index (χ3n) is 1.99. The van der Waals surface area contributed by atoms with Gasteiger partial charge in [-0.2, -0.15) is 0 Å². The van der Waals surface area contributed by atoms with Crippen LogP contribution in [0, 0.1) is 0 Å². The molecule has 1 nitrogen and oxygen atoms in total. The van der Waals surface area contributed by atoms with Crippen LogP contribution in [0.2, 0.25) is 0 Å². The van der Waals surface area contributed by atoms with E-state index in [1.807, 2.05) is 0 Å². The lowest BCUT2D eigenvalue weighted by Gasteiger charge is -1.98. The summed E-state index contributed by atoms with van der Waals surface area (Å²) in [6, 6.07) is 0. The van der Waals surface area contributed by atoms with E-state index in [0.717, 1.165) is 19.4 Å². The number of hydrogen-bond donors (Lipinski definition) is 1. The van der Waals surface area contributed by atoms with Crippen LogP contribution in [0.5, 0.6) is 0 Å². The van der Waals surface area contributed by atoms with Crippen LogP contribution in [-0.4, -0.2) is 6.54 Å². The summed E-state index contributed by atoms with van der Waals surface area (Å²) < 4.78 is 0. The lowest BCUT2D eigenvalue weighted by Crippen LogP contribution is -1.96. The van der Waals surface area contributed by atoms with Crippen LogP contribution in [0.4, 0.5) is 0 Å². The molecule has 76 valence electrons. The van der Waals surface area contributed by atoms with E-state index in [9.17, 15) is 0 Å². The molecule has 0 radical (unpaired) electrons. The van der Waals surface area contributed by atoms with Crippen LogP contribution in [-0.2, 0) is 0 Å². The maximum absolute atomic E-state index is 5.42. The van der Waals surface area contributed by atoms with Gasteiger partial charge in [-0.05, 0) is 53.0 Å². The van der Waals surface area contributed by atoms with Crippen molar-refractivity contribution in [2.45, 2.75) is 46.5 Å². The number of unbranched alkanes of at least 4 members (excludes halogenated alkanes) is 1. The van der Waals surface area contributed by atoms with Crippen LogP contribution < -0.4 is 5.73 Å². The summed E-state index contributed by atoms with van der Waals surface area (Å²) in [5, 5.41) is 0. The molecule has 0 aliphatic rings. The van der Waals surface area contributed by atoms with Crippen LogP contribution in [0.25, 0.3) is 0 Å². The van der Waals surface area contributed by atoms with Crippen molar-refractivity contribution in [3.8, 4) is 0 Å². The lowest BCUT2D eigenvalue weighted by atomic mass is 10.1. The van der Waals surface area contributed by atoms with Crippen molar-refractivity contribution >= 4 is 0 Å². The van der Waals surface area contributed by atoms with Gasteiger partial charge >= 0.3 is 0 Å². The Morgan fingerprint density at radius 3 is 2.31 bits per heavy atom. The predicted octanol–water partition coefficient (Wildman–Crippen LogP) is 3.42. The highest BCUT2D eigenvalue weighted by molar-refractivity contribution is 5.01. The fraction of sp³-hybridized carbons (Fsp3) is 0.667. The molecule has 0 atom stereocenters. The van der Waals surface area contributed by atoms with Gasteiger partial charge in [0.2, 0.25) is 0 Å². The summed E-state index contributed by atoms with van der Waals surface area (Å²) in [6.07, 6.45) is 9.21. The van der Waals surface area contributed by atoms with Gasteiger partial charge < -0.3 is 5.73 Å². The highest BCUT2D eigenvalue weighted by Crippen LogP contribution is 2.07. The van der Waals surface area contributed by atoms with Gasteiger partial charge in [-0.3, -0.25) is 0 Å². The molecule has 0 heterocycles. The van der Waals surface area contributed by atoms with Gasteiger partial charge in [0, 0.05) is 0 Å². The Hall–Kier alpha value is -0.560. The molecule has 0 aromatic rings. The Morgan fingerprint density at radius 2 is 1.77 bits per heavy atom. The number of allylic oxidation sites excluding steroid dienone is 4. The van der Waals surface area contributed by atoms with E-state index in [0.29, 0.717) is 0 Å². The van der Waals surface area contributed by atoms with Crippen molar-refractivity contribution in [3.05, 3.63) is 23.3 Å². The zero-order valence-electron chi connectivity index (χ0n) is 9.27. The largest absolute Gasteiger partial charge is 0.330 e. The van der Waals surface area contributed by atoms with E-state index >= 15 is 0 Å². The Labute approximate surface area is 82.7 Å². The minimum atomic E-state index is 0.803. The maximum atomic E-state index is 5.42. The van der Waals surface area contributed by atoms with Gasteiger partial charge in [-0.15, -0.1) is 0 Å². The summed E-state index contributed by atoms with van der Waals surface area (Å²) in [5.41, 5.74) is 8.32. The first-order valence-corrected chi connectivity index (χ1v) is 5.16. The molecule has 0 aliphatic carbocycles. The topological polar surface area (TPSA) is 26.0 Å². The molecule has 0 amide bonds. The highest BCUT2D eigenvalue weighted by Gasteiger charge is 1.88. The third-order valence-corrected chi connectivity index (χ3v) is 1.99. The standard InChI is InChI=1S/C12H23N/c1-11(2)7-6-9-12(3)8-4-5-10-13/h7-8H,4-6,9-10,13H2,1-3H3/b12-8+. The van der Waals surface area contributed by atoms with E-state index in [-0.39, 0.29) is 0 Å². The molecule has 0 saturated heterocycles. The average molecular weight is 181 g/mol. The van der Waals surface area contributed by atoms with Crippen LogP contribution in [0.1, 0.15) is 46.5 Å². The zero-order chi connectivity index (χ0) is 10.1. The third kappa shape index (κ3) is 9.35. The normalized spacial score (nSPS) is 11.5. The van der Waals surface area contributed by atoms with Crippen molar-refractivity contribution in [2.75, 3.05) is 6.54 Å². The van der Waals surface area contributed by atoms with E-state index in [2.05, 4.69) is 32.9 Å². The molecule has 2 N–H and O–H groups in total. The summed E-state index contributed by atoms with van der Waals surface area (Å²) in [6.45, 7) is 7.30. The first-order valence-electron chi connectivity index (χ1n) is 5.16. The predicted molar refractivity (Wildman–Crippen MR) is 60.7 cm³/mol. The number of hydrogen-bond acceptors (Lipinski definition) is 1. The smallest absolute Gasteiger partial charge is 0.00743 e. The molecule has 0 rings (SSSR count). The minimum absolute atomic E-state index is 0.803. The van der Waals surface area contributed by atoms with E-state index in [4.69, 9.17) is 5.73 Å². The molecular weight excluding hydrogens is 158 g/mol. The summed E-state index contributed by atoms with van der Waals surface area (Å²) >= 11 is 0. The molecule has 0 spiro atoms. The van der Waals surface area contributed by atoms with Gasteiger partial charge in [0.1, 0.15) is 0 Å². The number of nitrogens with two attached hydrogens (primary N) is 1. The summed E-state index contributed by atoms with van der Waals surface area (Å²) in [4.78, 5) is 0. The van der Waals surface area contributed by atoms with Crippen LogP contribution >= 0.6 is 0 Å². The highest BCUT2D eigenvalue weighted by atomic mass is 14.5. The van der Waals surface area contributed by atoms with Gasteiger partial charge in [-0.1, -0.05) is 23.3 Å². The molecule has 0 unspecified atom stereocenters. The second kappa shape index (κ2) is 8.06. The Balaban J connectivity index is 3.55. The van der Waals surface area contributed by atoms with Crippen molar-refractivity contribution in [1.82, 2.24) is 0 Å². The first-order chi connectivity index (χ1) is 6.16. The molecule has 0 aromatic carbocycles. The molecule has 0 fully saturated rings. The fourth-order valence-electron chi connectivity index (χ4n) is 1.16. The SMILES string of the molecule is CC(C)=CCC/C(C)=C/CCCN. The molecule has 13 heavy (non-hydrogen) atoms. The monoisotopic (exact) mass is 181 g/mol. The van der Waals surface area contributed by atoms with Gasteiger partial charge in [0.15, 0.2) is 0 Å². The summed E-state index contributed by atoms with van der Waals surface area (Å²) in [5.74, 6) is 0. The molecule has 0 aliphatic heterocycles. The second-order valence-electron chi connectivity index (χ2n) is 3.80. The molecule has 0 aromatic heterocycles. The Morgan fingerprint density at radius 1 is 1.08 bits per heavy atom. The van der Waals surface area contributed by atoms with Crippen molar-refractivity contribution in [3.63, 3.8) is 0 Å². The summed E-state index contributed by atoms with van der Waals surface area (Å²) in [7, 11) is 0.